The van der Waals surface area contributed by atoms with E-state index in [9.17, 15) is 13.6 Å². The molecule has 0 saturated heterocycles. The number of alkyl halides is 3. The Labute approximate surface area is 83.9 Å². The molecule has 1 aromatic rings. The highest BCUT2D eigenvalue weighted by atomic mass is 35.5. The van der Waals surface area contributed by atoms with Gasteiger partial charge >= 0.3 is 0 Å². The molecule has 0 unspecified atom stereocenters. The van der Waals surface area contributed by atoms with Crippen molar-refractivity contribution in [3.63, 3.8) is 0 Å². The van der Waals surface area contributed by atoms with Crippen LogP contribution in [-0.2, 0) is 5.88 Å². The van der Waals surface area contributed by atoms with Gasteiger partial charge in [-0.2, -0.15) is 0 Å². The number of halogens is 3. The molecule has 3 nitrogen and oxygen atoms in total. The van der Waals surface area contributed by atoms with Crippen molar-refractivity contribution in [1.82, 2.24) is 4.98 Å². The summed E-state index contributed by atoms with van der Waals surface area (Å²) in [6, 6.07) is 1.21. The third-order valence-corrected chi connectivity index (χ3v) is 1.96. The van der Waals surface area contributed by atoms with Gasteiger partial charge in [0, 0.05) is 5.88 Å². The predicted octanol–water partition coefficient (Wildman–Crippen LogP) is 2.15. The number of carbonyl (C=O) groups is 1. The first-order valence-corrected chi connectivity index (χ1v) is 4.22. The number of hydrogen-bond acceptors (Lipinski definition) is 3. The number of nitrogen functional groups attached to an aromatic ring is 1. The fraction of sp³-hybridized carbons (Fsp3) is 0.250. The summed E-state index contributed by atoms with van der Waals surface area (Å²) < 4.78 is 24.9. The van der Waals surface area contributed by atoms with Gasteiger partial charge in [-0.15, -0.1) is 11.6 Å². The van der Waals surface area contributed by atoms with Crippen molar-refractivity contribution in [2.75, 3.05) is 5.73 Å². The van der Waals surface area contributed by atoms with Crippen LogP contribution in [0, 0.1) is 0 Å². The minimum absolute atomic E-state index is 0.00236. The second-order valence-electron chi connectivity index (χ2n) is 2.56. The SMILES string of the molecule is Nc1nc(C=O)cc(CCl)c1C(F)F. The standard InChI is InChI=1S/C8H7ClF2N2O/c9-2-4-1-5(3-14)13-8(12)6(4)7(10)11/h1,3,7H,2H2,(H2,12,13). The number of rotatable bonds is 3. The fourth-order valence-corrected chi connectivity index (χ4v) is 1.30. The highest BCUT2D eigenvalue weighted by Crippen LogP contribution is 2.28. The normalized spacial score (nSPS) is 10.6. The first-order valence-electron chi connectivity index (χ1n) is 3.68. The molecule has 0 amide bonds. The quantitative estimate of drug-likeness (QED) is 0.627. The molecule has 76 valence electrons. The Balaban J connectivity index is 3.34. The molecular weight excluding hydrogens is 214 g/mol. The van der Waals surface area contributed by atoms with E-state index in [-0.39, 0.29) is 23.0 Å². The van der Waals surface area contributed by atoms with Crippen LogP contribution in [0.25, 0.3) is 0 Å². The van der Waals surface area contributed by atoms with Gasteiger partial charge in [-0.25, -0.2) is 13.8 Å². The number of hydrogen-bond donors (Lipinski definition) is 1. The Morgan fingerprint density at radius 3 is 2.71 bits per heavy atom. The van der Waals surface area contributed by atoms with Gasteiger partial charge in [0.15, 0.2) is 6.29 Å². The second kappa shape index (κ2) is 4.32. The van der Waals surface area contributed by atoms with E-state index in [0.717, 1.165) is 0 Å². The maximum atomic E-state index is 12.4. The Morgan fingerprint density at radius 2 is 2.29 bits per heavy atom. The number of carbonyl (C=O) groups excluding carboxylic acids is 1. The predicted molar refractivity (Wildman–Crippen MR) is 48.6 cm³/mol. The van der Waals surface area contributed by atoms with Crippen LogP contribution in [0.2, 0.25) is 0 Å². The van der Waals surface area contributed by atoms with Crippen molar-refractivity contribution in [3.8, 4) is 0 Å². The lowest BCUT2D eigenvalue weighted by atomic mass is 10.1. The van der Waals surface area contributed by atoms with Gasteiger partial charge < -0.3 is 5.73 Å². The lowest BCUT2D eigenvalue weighted by Crippen LogP contribution is -2.05. The summed E-state index contributed by atoms with van der Waals surface area (Å²) in [5.74, 6) is -0.479. The molecule has 6 heteroatoms. The summed E-state index contributed by atoms with van der Waals surface area (Å²) in [5, 5.41) is 0. The number of nitrogens with two attached hydrogens (primary N) is 1. The summed E-state index contributed by atoms with van der Waals surface area (Å²) >= 11 is 5.44. The monoisotopic (exact) mass is 220 g/mol. The third kappa shape index (κ3) is 1.98. The Kier molecular flexibility index (Phi) is 3.35. The topological polar surface area (TPSA) is 56.0 Å². The Bertz CT molecular complexity index is 357. The van der Waals surface area contributed by atoms with Gasteiger partial charge in [-0.1, -0.05) is 0 Å². The van der Waals surface area contributed by atoms with Crippen LogP contribution in [0.1, 0.15) is 28.0 Å². The fourth-order valence-electron chi connectivity index (χ4n) is 1.08. The molecule has 0 fully saturated rings. The van der Waals surface area contributed by atoms with E-state index in [1.165, 1.54) is 6.07 Å². The average molecular weight is 221 g/mol. The molecule has 0 aliphatic rings. The summed E-state index contributed by atoms with van der Waals surface area (Å²) in [6.07, 6.45) is -2.31. The second-order valence-corrected chi connectivity index (χ2v) is 2.82. The van der Waals surface area contributed by atoms with E-state index < -0.39 is 12.0 Å². The van der Waals surface area contributed by atoms with Crippen LogP contribution in [0.4, 0.5) is 14.6 Å². The largest absolute Gasteiger partial charge is 0.383 e. The molecule has 0 aromatic carbocycles. The Hall–Kier alpha value is -1.23. The molecule has 1 rings (SSSR count). The molecule has 2 N–H and O–H groups in total. The van der Waals surface area contributed by atoms with E-state index in [0.29, 0.717) is 6.29 Å². The highest BCUT2D eigenvalue weighted by Gasteiger charge is 2.18. The van der Waals surface area contributed by atoms with Crippen LogP contribution in [0.5, 0.6) is 0 Å². The van der Waals surface area contributed by atoms with E-state index in [2.05, 4.69) is 4.98 Å². The van der Waals surface area contributed by atoms with E-state index in [4.69, 9.17) is 17.3 Å². The van der Waals surface area contributed by atoms with Crippen LogP contribution in [0.3, 0.4) is 0 Å². The number of nitrogens with zero attached hydrogens (tertiary/aromatic N) is 1. The minimum atomic E-state index is -2.74. The smallest absolute Gasteiger partial charge is 0.267 e. The zero-order chi connectivity index (χ0) is 10.7. The van der Waals surface area contributed by atoms with Crippen LogP contribution in [0.15, 0.2) is 6.07 Å². The lowest BCUT2D eigenvalue weighted by Gasteiger charge is -2.09. The molecule has 0 bridgehead atoms. The summed E-state index contributed by atoms with van der Waals surface area (Å²) in [6.45, 7) is 0. The Morgan fingerprint density at radius 1 is 1.64 bits per heavy atom. The van der Waals surface area contributed by atoms with E-state index >= 15 is 0 Å². The summed E-state index contributed by atoms with van der Waals surface area (Å²) in [4.78, 5) is 13.9. The van der Waals surface area contributed by atoms with Crippen molar-refractivity contribution in [3.05, 3.63) is 22.9 Å². The molecule has 14 heavy (non-hydrogen) atoms. The number of aromatic nitrogens is 1. The van der Waals surface area contributed by atoms with Crippen LogP contribution < -0.4 is 5.73 Å². The molecule has 0 aliphatic heterocycles. The third-order valence-electron chi connectivity index (χ3n) is 1.68. The van der Waals surface area contributed by atoms with E-state index in [1.807, 2.05) is 0 Å². The number of pyridine rings is 1. The van der Waals surface area contributed by atoms with Crippen LogP contribution in [-0.4, -0.2) is 11.3 Å². The molecule has 0 radical (unpaired) electrons. The molecule has 0 atom stereocenters. The van der Waals surface area contributed by atoms with Crippen molar-refractivity contribution in [1.29, 1.82) is 0 Å². The first-order chi connectivity index (χ1) is 6.60. The zero-order valence-electron chi connectivity index (χ0n) is 7.01. The maximum absolute atomic E-state index is 12.4. The van der Waals surface area contributed by atoms with Gasteiger partial charge in [0.1, 0.15) is 11.5 Å². The molecule has 0 spiro atoms. The zero-order valence-corrected chi connectivity index (χ0v) is 7.76. The molecule has 1 heterocycles. The summed E-state index contributed by atoms with van der Waals surface area (Å²) in [7, 11) is 0. The van der Waals surface area contributed by atoms with Gasteiger partial charge in [0.05, 0.1) is 5.56 Å². The van der Waals surface area contributed by atoms with Gasteiger partial charge in [0.25, 0.3) is 6.43 Å². The van der Waals surface area contributed by atoms with Gasteiger partial charge in [-0.3, -0.25) is 4.79 Å². The lowest BCUT2D eigenvalue weighted by molar-refractivity contribution is 0.111. The molecule has 0 saturated carbocycles. The number of anilines is 1. The number of aldehydes is 1. The summed E-state index contributed by atoms with van der Waals surface area (Å²) in [5.41, 5.74) is 5.01. The van der Waals surface area contributed by atoms with Crippen molar-refractivity contribution in [2.45, 2.75) is 12.3 Å². The average Bonchev–Trinajstić information content (AvgIpc) is 2.15. The maximum Gasteiger partial charge on any atom is 0.267 e. The van der Waals surface area contributed by atoms with Gasteiger partial charge in [0.2, 0.25) is 0 Å². The van der Waals surface area contributed by atoms with Gasteiger partial charge in [-0.05, 0) is 11.6 Å². The minimum Gasteiger partial charge on any atom is -0.383 e. The van der Waals surface area contributed by atoms with Crippen LogP contribution >= 0.6 is 11.6 Å². The first kappa shape index (κ1) is 10.8. The highest BCUT2D eigenvalue weighted by molar-refractivity contribution is 6.17. The molecule has 0 aliphatic carbocycles. The molecule has 1 aromatic heterocycles. The van der Waals surface area contributed by atoms with Crippen molar-refractivity contribution < 1.29 is 13.6 Å². The van der Waals surface area contributed by atoms with Crippen molar-refractivity contribution >= 4 is 23.7 Å². The van der Waals surface area contributed by atoms with Crippen molar-refractivity contribution in [2.24, 2.45) is 0 Å². The van der Waals surface area contributed by atoms with E-state index in [1.54, 1.807) is 0 Å². The molecular formula is C8H7ClF2N2O.